The molecule has 0 unspecified atom stereocenters. The average Bonchev–Trinajstić information content (AvgIpc) is 3.13. The second kappa shape index (κ2) is 12.2. The lowest BCUT2D eigenvalue weighted by atomic mass is 9.71. The molecule has 2 aliphatic heterocycles. The highest BCUT2D eigenvalue weighted by atomic mass is 16.5. The molecule has 12 nitrogen and oxygen atoms in total. The fourth-order valence-corrected chi connectivity index (χ4v) is 7.50. The van der Waals surface area contributed by atoms with Crippen LogP contribution in [0.15, 0.2) is 94.5 Å². The summed E-state index contributed by atoms with van der Waals surface area (Å²) in [7, 11) is 0. The molecular formula is C44H30O12. The number of benzene rings is 3. The minimum Gasteiger partial charge on any atom is -0.483 e. The SMILES string of the molecule is CC(=O)OC1=C(C2=C(C3=C(OC(C)=O)C(=O)c4c(ccc5c4C=CC(C)(C)O5)C3=O)C(=O)c3ccccc3C2=O)C(=O)c2ccc3c(c2C1=O)C=CC(C)(C)O3. The van der Waals surface area contributed by atoms with Gasteiger partial charge in [0, 0.05) is 69.5 Å². The Labute approximate surface area is 318 Å². The van der Waals surface area contributed by atoms with Crippen LogP contribution in [-0.4, -0.2) is 57.8 Å². The van der Waals surface area contributed by atoms with Gasteiger partial charge in [0.1, 0.15) is 22.7 Å². The standard InChI is InChI=1S/C44H30O12/c1-19(45)53-41-33(37(49)25-11-13-27-23(29(25)39(41)51)15-17-43(3,4)55-27)31-32(36(48)22-10-8-7-9-21(22)35(31)47)34-38(50)26-12-14-28-24(16-18-44(5,6)56-28)30(26)40(52)42(34)54-20(2)46/h7-18H,1-6H3. The van der Waals surface area contributed by atoms with Crippen molar-refractivity contribution in [2.75, 3.05) is 0 Å². The Kier molecular flexibility index (Phi) is 7.84. The molecule has 3 aromatic rings. The van der Waals surface area contributed by atoms with E-state index in [2.05, 4.69) is 0 Å². The number of carbonyl (C=O) groups is 8. The van der Waals surface area contributed by atoms with Gasteiger partial charge in [-0.1, -0.05) is 36.4 Å². The van der Waals surface area contributed by atoms with Gasteiger partial charge in [0.2, 0.25) is 11.6 Å². The number of hydrogen-bond acceptors (Lipinski definition) is 12. The number of rotatable bonds is 4. The fourth-order valence-electron chi connectivity index (χ4n) is 7.50. The van der Waals surface area contributed by atoms with Crippen LogP contribution in [0.2, 0.25) is 0 Å². The van der Waals surface area contributed by atoms with E-state index in [9.17, 15) is 38.4 Å². The molecule has 8 rings (SSSR count). The summed E-state index contributed by atoms with van der Waals surface area (Å²) in [5, 5.41) is 0. The van der Waals surface area contributed by atoms with Crippen LogP contribution < -0.4 is 9.47 Å². The van der Waals surface area contributed by atoms with Crippen molar-refractivity contribution in [1.82, 2.24) is 0 Å². The van der Waals surface area contributed by atoms with E-state index >= 15 is 0 Å². The van der Waals surface area contributed by atoms with E-state index in [1.54, 1.807) is 52.0 Å². The molecule has 278 valence electrons. The maximum Gasteiger partial charge on any atom is 0.308 e. The molecular weight excluding hydrogens is 720 g/mol. The monoisotopic (exact) mass is 750 g/mol. The minimum absolute atomic E-state index is 0.183. The number of esters is 2. The quantitative estimate of drug-likeness (QED) is 0.265. The molecule has 0 fully saturated rings. The Morgan fingerprint density at radius 2 is 0.839 bits per heavy atom. The molecule has 12 heteroatoms. The molecule has 0 atom stereocenters. The van der Waals surface area contributed by atoms with Crippen molar-refractivity contribution in [1.29, 1.82) is 0 Å². The van der Waals surface area contributed by atoms with E-state index in [0.29, 0.717) is 0 Å². The highest BCUT2D eigenvalue weighted by Gasteiger charge is 2.49. The molecule has 5 aliphatic rings. The summed E-state index contributed by atoms with van der Waals surface area (Å²) in [6.45, 7) is 9.09. The summed E-state index contributed by atoms with van der Waals surface area (Å²) in [6.07, 6.45) is 6.53. The van der Waals surface area contributed by atoms with Crippen molar-refractivity contribution in [3.63, 3.8) is 0 Å². The smallest absolute Gasteiger partial charge is 0.308 e. The average molecular weight is 751 g/mol. The van der Waals surface area contributed by atoms with Crippen LogP contribution in [0.1, 0.15) is 115 Å². The Bertz CT molecular complexity index is 2510. The van der Waals surface area contributed by atoms with Gasteiger partial charge >= 0.3 is 11.9 Å². The van der Waals surface area contributed by atoms with Crippen molar-refractivity contribution >= 4 is 58.8 Å². The third kappa shape index (κ3) is 5.36. The topological polar surface area (TPSA) is 173 Å². The summed E-state index contributed by atoms with van der Waals surface area (Å²) in [5.41, 5.74) is -5.51. The molecule has 0 N–H and O–H groups in total. The predicted molar refractivity (Wildman–Crippen MR) is 197 cm³/mol. The second-order valence-corrected chi connectivity index (χ2v) is 14.7. The Balaban J connectivity index is 1.46. The summed E-state index contributed by atoms with van der Waals surface area (Å²) in [6, 6.07) is 11.1. The molecule has 0 radical (unpaired) electrons. The van der Waals surface area contributed by atoms with Gasteiger partial charge in [-0.2, -0.15) is 0 Å². The maximum atomic E-state index is 14.8. The summed E-state index contributed by atoms with van der Waals surface area (Å²) < 4.78 is 22.9. The van der Waals surface area contributed by atoms with E-state index in [1.165, 1.54) is 48.5 Å². The van der Waals surface area contributed by atoms with Crippen molar-refractivity contribution in [2.24, 2.45) is 0 Å². The molecule has 0 bridgehead atoms. The first-order valence-corrected chi connectivity index (χ1v) is 17.5. The molecule has 0 aromatic heterocycles. The first-order valence-electron chi connectivity index (χ1n) is 17.5. The van der Waals surface area contributed by atoms with Gasteiger partial charge in [-0.05, 0) is 64.1 Å². The van der Waals surface area contributed by atoms with Crippen LogP contribution >= 0.6 is 0 Å². The molecule has 0 saturated carbocycles. The molecule has 3 aromatic carbocycles. The molecule has 3 aliphatic carbocycles. The van der Waals surface area contributed by atoms with E-state index in [0.717, 1.165) is 13.8 Å². The lowest BCUT2D eigenvalue weighted by Crippen LogP contribution is -2.36. The van der Waals surface area contributed by atoms with Gasteiger partial charge < -0.3 is 18.9 Å². The molecule has 0 saturated heterocycles. The van der Waals surface area contributed by atoms with Gasteiger partial charge in [-0.3, -0.25) is 38.4 Å². The Morgan fingerprint density at radius 3 is 1.20 bits per heavy atom. The van der Waals surface area contributed by atoms with Crippen LogP contribution in [0.25, 0.3) is 12.2 Å². The highest BCUT2D eigenvalue weighted by Crippen LogP contribution is 2.46. The fraction of sp³-hybridized carbons (Fsp3) is 0.182. The van der Waals surface area contributed by atoms with Crippen molar-refractivity contribution in [2.45, 2.75) is 52.7 Å². The number of hydrogen-bond donors (Lipinski definition) is 0. The highest BCUT2D eigenvalue weighted by molar-refractivity contribution is 6.41. The zero-order valence-corrected chi connectivity index (χ0v) is 30.8. The first kappa shape index (κ1) is 35.9. The summed E-state index contributed by atoms with van der Waals surface area (Å²) >= 11 is 0. The lowest BCUT2D eigenvalue weighted by Gasteiger charge is -2.32. The molecule has 0 amide bonds. The zero-order chi connectivity index (χ0) is 40.2. The van der Waals surface area contributed by atoms with Crippen molar-refractivity contribution < 1.29 is 57.3 Å². The minimum atomic E-state index is -1.04. The largest absolute Gasteiger partial charge is 0.483 e. The van der Waals surface area contributed by atoms with Crippen LogP contribution in [0.5, 0.6) is 11.5 Å². The third-order valence-electron chi connectivity index (χ3n) is 9.84. The molecule has 2 heterocycles. The maximum absolute atomic E-state index is 14.8. The van der Waals surface area contributed by atoms with Gasteiger partial charge in [0.05, 0.1) is 11.1 Å². The zero-order valence-electron chi connectivity index (χ0n) is 30.8. The Morgan fingerprint density at radius 1 is 0.482 bits per heavy atom. The number of fused-ring (bicyclic) bond motifs is 7. The van der Waals surface area contributed by atoms with Crippen LogP contribution in [0.4, 0.5) is 0 Å². The van der Waals surface area contributed by atoms with Gasteiger partial charge in [0.15, 0.2) is 34.7 Å². The summed E-state index contributed by atoms with van der Waals surface area (Å²) in [4.78, 5) is 114. The second-order valence-electron chi connectivity index (χ2n) is 14.7. The van der Waals surface area contributed by atoms with Gasteiger partial charge in [0.25, 0.3) is 0 Å². The predicted octanol–water partition coefficient (Wildman–Crippen LogP) is 6.52. The van der Waals surface area contributed by atoms with Crippen molar-refractivity contribution in [3.8, 4) is 11.5 Å². The van der Waals surface area contributed by atoms with Crippen LogP contribution in [-0.2, 0) is 19.1 Å². The molecule has 56 heavy (non-hydrogen) atoms. The van der Waals surface area contributed by atoms with Crippen molar-refractivity contribution in [3.05, 3.63) is 139 Å². The van der Waals surface area contributed by atoms with Crippen LogP contribution in [0.3, 0.4) is 0 Å². The van der Waals surface area contributed by atoms with E-state index in [4.69, 9.17) is 18.9 Å². The van der Waals surface area contributed by atoms with E-state index < -0.39 is 91.7 Å². The lowest BCUT2D eigenvalue weighted by molar-refractivity contribution is -0.137. The number of allylic oxidation sites excluding steroid dienone is 6. The first-order chi connectivity index (χ1) is 26.4. The number of ketones is 6. The molecule has 0 spiro atoms. The Hall–Kier alpha value is -7.08. The number of ether oxygens (including phenoxy) is 4. The third-order valence-corrected chi connectivity index (χ3v) is 9.84. The number of Topliss-reactive ketones (excluding diaryl/α,β-unsaturated/α-hetero) is 6. The van der Waals surface area contributed by atoms with Gasteiger partial charge in [-0.25, -0.2) is 0 Å². The van der Waals surface area contributed by atoms with Gasteiger partial charge in [-0.15, -0.1) is 0 Å². The van der Waals surface area contributed by atoms with E-state index in [-0.39, 0.29) is 56.0 Å². The normalized spacial score (nSPS) is 18.8. The number of carbonyl (C=O) groups excluding carboxylic acids is 8. The summed E-state index contributed by atoms with van der Waals surface area (Å²) in [5.74, 6) is -9.37. The van der Waals surface area contributed by atoms with E-state index in [1.807, 2.05) is 0 Å². The van der Waals surface area contributed by atoms with Crippen LogP contribution in [0, 0.1) is 0 Å².